The van der Waals surface area contributed by atoms with Crippen molar-refractivity contribution in [1.29, 1.82) is 0 Å². The van der Waals surface area contributed by atoms with E-state index >= 15 is 0 Å². The molecule has 0 aromatic heterocycles. The molecule has 3 aromatic rings. The van der Waals surface area contributed by atoms with Crippen molar-refractivity contribution in [2.45, 2.75) is 19.1 Å². The highest BCUT2D eigenvalue weighted by Crippen LogP contribution is 2.18. The molecule has 1 fully saturated rings. The smallest absolute Gasteiger partial charge is 0.239 e. The molecular weight excluding hydrogens is 402 g/mol. The van der Waals surface area contributed by atoms with Gasteiger partial charge in [-0.25, -0.2) is 0 Å². The van der Waals surface area contributed by atoms with Gasteiger partial charge in [0.1, 0.15) is 0 Å². The summed E-state index contributed by atoms with van der Waals surface area (Å²) in [6.45, 7) is 3.56. The molecule has 0 aliphatic carbocycles. The maximum Gasteiger partial charge on any atom is 0.239 e. The molecule has 6 heteroatoms. The average Bonchev–Trinajstić information content (AvgIpc) is 2.83. The highest BCUT2D eigenvalue weighted by Gasteiger charge is 2.21. The van der Waals surface area contributed by atoms with Gasteiger partial charge in [-0.2, -0.15) is 0 Å². The summed E-state index contributed by atoms with van der Waals surface area (Å²) in [7, 11) is 0. The molecule has 1 saturated heterocycles. The lowest BCUT2D eigenvalue weighted by Crippen LogP contribution is -2.48. The van der Waals surface area contributed by atoms with Crippen LogP contribution in [-0.4, -0.2) is 55.6 Å². The number of amides is 2. The summed E-state index contributed by atoms with van der Waals surface area (Å²) in [6, 6.07) is 24.2. The van der Waals surface area contributed by atoms with Gasteiger partial charge in [-0.05, 0) is 21.9 Å². The van der Waals surface area contributed by atoms with Crippen LogP contribution in [0.2, 0.25) is 0 Å². The minimum atomic E-state index is -0.208. The Bertz CT molecular complexity index is 1050. The molecule has 6 nitrogen and oxygen atoms in total. The van der Waals surface area contributed by atoms with E-state index in [9.17, 15) is 9.59 Å². The summed E-state index contributed by atoms with van der Waals surface area (Å²) in [5.41, 5.74) is 2.22. The van der Waals surface area contributed by atoms with Gasteiger partial charge in [0.2, 0.25) is 11.8 Å². The summed E-state index contributed by atoms with van der Waals surface area (Å²) in [5.74, 6) is -0.375. The van der Waals surface area contributed by atoms with Gasteiger partial charge >= 0.3 is 0 Å². The maximum absolute atomic E-state index is 12.4. The lowest BCUT2D eigenvalue weighted by atomic mass is 10.0. The number of nitrogens with zero attached hydrogens (tertiary/aromatic N) is 1. The standard InChI is InChI=1S/C26H29N3O3/c30-25(15-22-11-6-10-21-9-4-5-12-24(21)22)28-17-26(31)27-16-23-19-29(13-14-32-23)18-20-7-2-1-3-8-20/h1-12,23H,13-19H2,(H,27,31)(H,28,30). The molecule has 32 heavy (non-hydrogen) atoms. The van der Waals surface area contributed by atoms with Crippen molar-refractivity contribution in [2.24, 2.45) is 0 Å². The molecule has 1 atom stereocenters. The summed E-state index contributed by atoms with van der Waals surface area (Å²) in [5, 5.41) is 7.76. The molecule has 3 aromatic carbocycles. The number of rotatable bonds is 8. The van der Waals surface area contributed by atoms with Crippen LogP contribution in [0, 0.1) is 0 Å². The minimum Gasteiger partial charge on any atom is -0.374 e. The zero-order valence-electron chi connectivity index (χ0n) is 18.1. The normalized spacial score (nSPS) is 16.6. The molecule has 4 rings (SSSR count). The Balaban J connectivity index is 1.19. The molecule has 1 aliphatic rings. The first kappa shape index (κ1) is 22.0. The van der Waals surface area contributed by atoms with Crippen molar-refractivity contribution in [3.05, 3.63) is 83.9 Å². The van der Waals surface area contributed by atoms with Gasteiger partial charge in [-0.3, -0.25) is 14.5 Å². The van der Waals surface area contributed by atoms with Crippen LogP contribution in [0.25, 0.3) is 10.8 Å². The number of morpholine rings is 1. The summed E-state index contributed by atoms with van der Waals surface area (Å²) >= 11 is 0. The van der Waals surface area contributed by atoms with Gasteiger partial charge in [-0.1, -0.05) is 72.8 Å². The number of hydrogen-bond acceptors (Lipinski definition) is 4. The van der Waals surface area contributed by atoms with E-state index in [4.69, 9.17) is 4.74 Å². The van der Waals surface area contributed by atoms with Crippen LogP contribution >= 0.6 is 0 Å². The van der Waals surface area contributed by atoms with Gasteiger partial charge in [0, 0.05) is 26.2 Å². The van der Waals surface area contributed by atoms with Gasteiger partial charge in [0.15, 0.2) is 0 Å². The Morgan fingerprint density at radius 2 is 1.69 bits per heavy atom. The predicted molar refractivity (Wildman–Crippen MR) is 125 cm³/mol. The monoisotopic (exact) mass is 431 g/mol. The first-order valence-corrected chi connectivity index (χ1v) is 11.1. The summed E-state index contributed by atoms with van der Waals surface area (Å²) < 4.78 is 5.80. The summed E-state index contributed by atoms with van der Waals surface area (Å²) in [4.78, 5) is 26.9. The Morgan fingerprint density at radius 3 is 2.56 bits per heavy atom. The van der Waals surface area contributed by atoms with E-state index in [1.807, 2.05) is 60.7 Å². The lowest BCUT2D eigenvalue weighted by Gasteiger charge is -2.33. The number of carbonyl (C=O) groups excluding carboxylic acids is 2. The molecule has 166 valence electrons. The van der Waals surface area contributed by atoms with Crippen molar-refractivity contribution in [3.63, 3.8) is 0 Å². The van der Waals surface area contributed by atoms with Crippen LogP contribution in [0.1, 0.15) is 11.1 Å². The quantitative estimate of drug-likeness (QED) is 0.575. The van der Waals surface area contributed by atoms with Crippen molar-refractivity contribution in [2.75, 3.05) is 32.8 Å². The molecule has 1 unspecified atom stereocenters. The second-order valence-electron chi connectivity index (χ2n) is 8.11. The Morgan fingerprint density at radius 1 is 0.906 bits per heavy atom. The number of fused-ring (bicyclic) bond motifs is 1. The van der Waals surface area contributed by atoms with Gasteiger partial charge in [0.25, 0.3) is 0 Å². The largest absolute Gasteiger partial charge is 0.374 e. The molecule has 1 heterocycles. The van der Waals surface area contributed by atoms with E-state index in [1.54, 1.807) is 0 Å². The fourth-order valence-electron chi connectivity index (χ4n) is 4.04. The minimum absolute atomic E-state index is 0.0376. The molecule has 1 aliphatic heterocycles. The number of hydrogen-bond donors (Lipinski definition) is 2. The van der Waals surface area contributed by atoms with Crippen LogP contribution in [0.15, 0.2) is 72.8 Å². The van der Waals surface area contributed by atoms with Crippen LogP contribution in [0.5, 0.6) is 0 Å². The molecule has 2 N–H and O–H groups in total. The van der Waals surface area contributed by atoms with Gasteiger partial charge < -0.3 is 15.4 Å². The second-order valence-corrected chi connectivity index (χ2v) is 8.11. The third kappa shape index (κ3) is 6.15. The van der Waals surface area contributed by atoms with Crippen LogP contribution in [0.4, 0.5) is 0 Å². The van der Waals surface area contributed by atoms with Crippen molar-refractivity contribution in [3.8, 4) is 0 Å². The maximum atomic E-state index is 12.4. The van der Waals surface area contributed by atoms with E-state index in [1.165, 1.54) is 5.56 Å². The molecule has 0 saturated carbocycles. The van der Waals surface area contributed by atoms with Crippen molar-refractivity contribution in [1.82, 2.24) is 15.5 Å². The van der Waals surface area contributed by atoms with Crippen LogP contribution in [-0.2, 0) is 27.3 Å². The number of carbonyl (C=O) groups is 2. The highest BCUT2D eigenvalue weighted by molar-refractivity contribution is 5.91. The van der Waals surface area contributed by atoms with Crippen molar-refractivity contribution < 1.29 is 14.3 Å². The zero-order valence-corrected chi connectivity index (χ0v) is 18.1. The van der Waals surface area contributed by atoms with E-state index in [-0.39, 0.29) is 30.9 Å². The third-order valence-electron chi connectivity index (χ3n) is 5.68. The number of benzene rings is 3. The average molecular weight is 432 g/mol. The fraction of sp³-hybridized carbons (Fsp3) is 0.308. The second kappa shape index (κ2) is 10.9. The Labute approximate surface area is 188 Å². The number of ether oxygens (including phenoxy) is 1. The predicted octanol–water partition coefficient (Wildman–Crippen LogP) is 2.52. The zero-order chi connectivity index (χ0) is 22.2. The molecule has 0 spiro atoms. The highest BCUT2D eigenvalue weighted by atomic mass is 16.5. The van der Waals surface area contributed by atoms with Gasteiger partial charge in [0.05, 0.1) is 25.7 Å². The van der Waals surface area contributed by atoms with E-state index in [0.717, 1.165) is 36.0 Å². The third-order valence-corrected chi connectivity index (χ3v) is 5.68. The molecular formula is C26H29N3O3. The first-order chi connectivity index (χ1) is 15.7. The van der Waals surface area contributed by atoms with E-state index in [0.29, 0.717) is 13.2 Å². The molecule has 2 amide bonds. The van der Waals surface area contributed by atoms with E-state index < -0.39 is 0 Å². The van der Waals surface area contributed by atoms with Crippen LogP contribution < -0.4 is 10.6 Å². The Kier molecular flexibility index (Phi) is 7.48. The fourth-order valence-corrected chi connectivity index (χ4v) is 4.04. The topological polar surface area (TPSA) is 70.7 Å². The van der Waals surface area contributed by atoms with E-state index in [2.05, 4.69) is 27.7 Å². The Hall–Kier alpha value is -3.22. The lowest BCUT2D eigenvalue weighted by molar-refractivity contribution is -0.126. The van der Waals surface area contributed by atoms with Crippen molar-refractivity contribution >= 4 is 22.6 Å². The first-order valence-electron chi connectivity index (χ1n) is 11.1. The van der Waals surface area contributed by atoms with Crippen LogP contribution in [0.3, 0.4) is 0 Å². The number of nitrogens with one attached hydrogen (secondary N) is 2. The molecule has 0 radical (unpaired) electrons. The SMILES string of the molecule is O=C(CNC(=O)Cc1cccc2ccccc12)NCC1CN(Cc2ccccc2)CCO1. The van der Waals surface area contributed by atoms with Gasteiger partial charge in [-0.15, -0.1) is 0 Å². The summed E-state index contributed by atoms with van der Waals surface area (Å²) in [6.07, 6.45) is 0.192. The molecule has 0 bridgehead atoms.